The van der Waals surface area contributed by atoms with Gasteiger partial charge in [0.25, 0.3) is 0 Å². The van der Waals surface area contributed by atoms with Crippen molar-refractivity contribution < 1.29 is 29.4 Å². The van der Waals surface area contributed by atoms with Gasteiger partial charge >= 0.3 is 5.97 Å². The summed E-state index contributed by atoms with van der Waals surface area (Å²) in [5.41, 5.74) is 16.9. The fourth-order valence-electron chi connectivity index (χ4n) is 2.91. The van der Waals surface area contributed by atoms with Crippen LogP contribution in [0.3, 0.4) is 0 Å². The van der Waals surface area contributed by atoms with E-state index in [2.05, 4.69) is 16.0 Å². The van der Waals surface area contributed by atoms with E-state index in [0.717, 1.165) is 0 Å². The molecule has 192 valence electrons. The molecule has 33 heavy (non-hydrogen) atoms. The fraction of sp³-hybridized carbons (Fsp3) is 0.800. The highest BCUT2D eigenvalue weighted by Crippen LogP contribution is 2.07. The first kappa shape index (κ1) is 31.1. The summed E-state index contributed by atoms with van der Waals surface area (Å²) < 4.78 is 0. The number of hydrogen-bond acceptors (Lipinski definition) is 9. The Morgan fingerprint density at radius 3 is 1.64 bits per heavy atom. The molecule has 11 N–H and O–H groups in total. The number of nitrogens with one attached hydrogen (secondary N) is 3. The first-order valence-corrected chi connectivity index (χ1v) is 12.5. The number of hydrogen-bond donors (Lipinski definition) is 8. The number of rotatable bonds is 19. The lowest BCUT2D eigenvalue weighted by atomic mass is 10.0. The number of aliphatic hydroxyl groups excluding tert-OH is 1. The van der Waals surface area contributed by atoms with Gasteiger partial charge in [-0.15, -0.1) is 0 Å². The van der Waals surface area contributed by atoms with Gasteiger partial charge in [-0.3, -0.25) is 14.4 Å². The third-order valence-electron chi connectivity index (χ3n) is 4.93. The number of carbonyl (C=O) groups excluding carboxylic acids is 3. The highest BCUT2D eigenvalue weighted by atomic mass is 32.2. The average Bonchev–Trinajstić information content (AvgIpc) is 2.79. The number of aliphatic carboxylic acids is 1. The largest absolute Gasteiger partial charge is 0.480 e. The summed E-state index contributed by atoms with van der Waals surface area (Å²) in [7, 11) is 0. The molecule has 12 nitrogen and oxygen atoms in total. The zero-order valence-electron chi connectivity index (χ0n) is 19.3. The Morgan fingerprint density at radius 1 is 0.788 bits per heavy atom. The second kappa shape index (κ2) is 18.5. The van der Waals surface area contributed by atoms with Crippen LogP contribution in [-0.2, 0) is 19.2 Å². The van der Waals surface area contributed by atoms with Gasteiger partial charge in [0.1, 0.15) is 18.1 Å². The molecular formula is C20H40N6O6S. The molecule has 4 unspecified atom stereocenters. The van der Waals surface area contributed by atoms with E-state index in [9.17, 15) is 24.3 Å². The normalized spacial score (nSPS) is 14.6. The van der Waals surface area contributed by atoms with Crippen LogP contribution in [0.5, 0.6) is 0 Å². The SMILES string of the molecule is CSCCC(N)C(=O)NC(CCCCN)C(=O)NC(CCCCN)C(=O)NC(CO)C(=O)O. The molecule has 0 spiro atoms. The quantitative estimate of drug-likeness (QED) is 0.0913. The standard InChI is InChI=1S/C20H40N6O6S/c1-33-11-8-13(23)17(28)24-14(6-2-4-9-21)18(29)25-15(7-3-5-10-22)19(30)26-16(12-27)20(31)32/h13-16,27H,2-12,21-23H2,1H3,(H,24,28)(H,25,29)(H,26,30)(H,31,32). The molecule has 0 saturated heterocycles. The zero-order chi connectivity index (χ0) is 25.2. The van der Waals surface area contributed by atoms with Crippen molar-refractivity contribution in [1.82, 2.24) is 16.0 Å². The highest BCUT2D eigenvalue weighted by molar-refractivity contribution is 7.98. The van der Waals surface area contributed by atoms with E-state index in [-0.39, 0.29) is 6.42 Å². The lowest BCUT2D eigenvalue weighted by molar-refractivity contribution is -0.143. The van der Waals surface area contributed by atoms with E-state index < -0.39 is 54.5 Å². The minimum Gasteiger partial charge on any atom is -0.480 e. The van der Waals surface area contributed by atoms with Gasteiger partial charge in [0.15, 0.2) is 0 Å². The molecule has 0 aliphatic heterocycles. The third kappa shape index (κ3) is 13.4. The van der Waals surface area contributed by atoms with E-state index in [1.54, 1.807) is 11.8 Å². The van der Waals surface area contributed by atoms with Crippen LogP contribution in [0.1, 0.15) is 44.9 Å². The Hall–Kier alpha value is -1.93. The second-order valence-corrected chi connectivity index (χ2v) is 8.65. The van der Waals surface area contributed by atoms with Crippen LogP contribution in [0.2, 0.25) is 0 Å². The van der Waals surface area contributed by atoms with E-state index in [1.165, 1.54) is 0 Å². The summed E-state index contributed by atoms with van der Waals surface area (Å²) in [5, 5.41) is 25.7. The van der Waals surface area contributed by atoms with Gasteiger partial charge in [-0.2, -0.15) is 11.8 Å². The number of amides is 3. The maximum absolute atomic E-state index is 13.0. The van der Waals surface area contributed by atoms with Crippen LogP contribution in [-0.4, -0.2) is 89.8 Å². The monoisotopic (exact) mass is 492 g/mol. The summed E-state index contributed by atoms with van der Waals surface area (Å²) in [4.78, 5) is 49.2. The molecule has 0 fully saturated rings. The van der Waals surface area contributed by atoms with Crippen molar-refractivity contribution in [2.24, 2.45) is 17.2 Å². The zero-order valence-corrected chi connectivity index (χ0v) is 20.1. The molecule has 0 bridgehead atoms. The van der Waals surface area contributed by atoms with Gasteiger partial charge < -0.3 is 43.4 Å². The van der Waals surface area contributed by atoms with Gasteiger partial charge in [-0.25, -0.2) is 4.79 Å². The number of nitrogens with two attached hydrogens (primary N) is 3. The van der Waals surface area contributed by atoms with Gasteiger partial charge in [0.05, 0.1) is 12.6 Å². The molecule has 0 rings (SSSR count). The molecule has 0 aliphatic rings. The molecule has 0 aliphatic carbocycles. The van der Waals surface area contributed by atoms with E-state index in [0.29, 0.717) is 57.4 Å². The van der Waals surface area contributed by atoms with Gasteiger partial charge in [-0.05, 0) is 70.0 Å². The molecular weight excluding hydrogens is 452 g/mol. The summed E-state index contributed by atoms with van der Waals surface area (Å²) >= 11 is 1.55. The van der Waals surface area contributed by atoms with Crippen molar-refractivity contribution in [3.8, 4) is 0 Å². The van der Waals surface area contributed by atoms with Gasteiger partial charge in [0, 0.05) is 0 Å². The van der Waals surface area contributed by atoms with Crippen LogP contribution in [0.15, 0.2) is 0 Å². The Labute approximate surface area is 199 Å². The lowest BCUT2D eigenvalue weighted by Gasteiger charge is -2.25. The van der Waals surface area contributed by atoms with Gasteiger partial charge in [-0.1, -0.05) is 0 Å². The number of carboxylic acid groups (broad SMARTS) is 1. The Balaban J connectivity index is 5.36. The molecule has 0 saturated carbocycles. The van der Waals surface area contributed by atoms with Crippen LogP contribution in [0.25, 0.3) is 0 Å². The third-order valence-corrected chi connectivity index (χ3v) is 5.57. The molecule has 0 aromatic rings. The Bertz CT molecular complexity index is 612. The van der Waals surface area contributed by atoms with Crippen LogP contribution < -0.4 is 33.2 Å². The smallest absolute Gasteiger partial charge is 0.328 e. The van der Waals surface area contributed by atoms with Crippen LogP contribution >= 0.6 is 11.8 Å². The summed E-state index contributed by atoms with van der Waals surface area (Å²) in [6.45, 7) is 0.0238. The maximum atomic E-state index is 13.0. The van der Waals surface area contributed by atoms with Crippen LogP contribution in [0, 0.1) is 0 Å². The topological polar surface area (TPSA) is 223 Å². The van der Waals surface area contributed by atoms with Crippen molar-refractivity contribution >= 4 is 35.5 Å². The second-order valence-electron chi connectivity index (χ2n) is 7.66. The number of carbonyl (C=O) groups is 4. The van der Waals surface area contributed by atoms with E-state index >= 15 is 0 Å². The predicted octanol–water partition coefficient (Wildman–Crippen LogP) is -2.14. The van der Waals surface area contributed by atoms with Gasteiger partial charge in [0.2, 0.25) is 17.7 Å². The number of thioether (sulfide) groups is 1. The van der Waals surface area contributed by atoms with Crippen molar-refractivity contribution in [2.45, 2.75) is 69.1 Å². The molecule has 13 heteroatoms. The van der Waals surface area contributed by atoms with Crippen molar-refractivity contribution in [3.63, 3.8) is 0 Å². The summed E-state index contributed by atoms with van der Waals surface area (Å²) in [5.74, 6) is -2.50. The van der Waals surface area contributed by atoms with E-state index in [1.807, 2.05) is 6.26 Å². The molecule has 0 heterocycles. The lowest BCUT2D eigenvalue weighted by Crippen LogP contribution is -2.57. The molecule has 0 aromatic heterocycles. The first-order chi connectivity index (χ1) is 15.7. The molecule has 0 radical (unpaired) electrons. The minimum absolute atomic E-state index is 0.212. The number of unbranched alkanes of at least 4 members (excludes halogenated alkanes) is 2. The molecule has 0 aromatic carbocycles. The first-order valence-electron chi connectivity index (χ1n) is 11.1. The van der Waals surface area contributed by atoms with Crippen molar-refractivity contribution in [2.75, 3.05) is 31.7 Å². The fourth-order valence-corrected chi connectivity index (χ4v) is 3.40. The molecule has 4 atom stereocenters. The van der Waals surface area contributed by atoms with Crippen molar-refractivity contribution in [1.29, 1.82) is 0 Å². The maximum Gasteiger partial charge on any atom is 0.328 e. The average molecular weight is 493 g/mol. The highest BCUT2D eigenvalue weighted by Gasteiger charge is 2.29. The molecule has 3 amide bonds. The van der Waals surface area contributed by atoms with E-state index in [4.69, 9.17) is 22.3 Å². The van der Waals surface area contributed by atoms with Crippen LogP contribution in [0.4, 0.5) is 0 Å². The van der Waals surface area contributed by atoms with Crippen molar-refractivity contribution in [3.05, 3.63) is 0 Å². The number of aliphatic hydroxyl groups is 1. The predicted molar refractivity (Wildman–Crippen MR) is 127 cm³/mol. The Morgan fingerprint density at radius 2 is 1.24 bits per heavy atom. The minimum atomic E-state index is -1.50. The number of carboxylic acids is 1. The summed E-state index contributed by atoms with van der Waals surface area (Å²) in [6, 6.07) is -4.26. The Kier molecular flexibility index (Phi) is 17.4. The summed E-state index contributed by atoms with van der Waals surface area (Å²) in [6.07, 6.45) is 5.19.